The molecule has 0 amide bonds. The van der Waals surface area contributed by atoms with Crippen LogP contribution in [0.1, 0.15) is 42.6 Å². The average molecular weight is 412 g/mol. The first-order valence-electron chi connectivity index (χ1n) is 8.73. The van der Waals surface area contributed by atoms with Crippen LogP contribution in [0.4, 0.5) is 17.6 Å². The molecule has 0 unspecified atom stereocenters. The number of benzene rings is 1. The standard InChI is InChI=1S/C18H16F4N4O3/c1-17(4-5-17)13(8-2-3-9(10(19)6-8)18(20,21)22)26-14-12(11(7-27)25-26)15(28)24-16(29)23-14/h2-3,6,13,27H,4-5,7H2,1H3,(H2,23,24,28,29)/t13-/m0/s1. The molecule has 0 aliphatic heterocycles. The van der Waals surface area contributed by atoms with Crippen molar-refractivity contribution in [1.82, 2.24) is 19.7 Å². The quantitative estimate of drug-likeness (QED) is 0.572. The highest BCUT2D eigenvalue weighted by Gasteiger charge is 2.48. The van der Waals surface area contributed by atoms with Gasteiger partial charge in [-0.25, -0.2) is 9.07 Å². The van der Waals surface area contributed by atoms with Crippen LogP contribution < -0.4 is 5.56 Å². The molecule has 2 aromatic heterocycles. The minimum atomic E-state index is -4.83. The van der Waals surface area contributed by atoms with Gasteiger partial charge in [-0.05, 0) is 36.0 Å². The smallest absolute Gasteiger partial charge is 0.419 e. The number of aliphatic hydroxyl groups excluding tert-OH is 1. The lowest BCUT2D eigenvalue weighted by atomic mass is 9.91. The molecular weight excluding hydrogens is 396 g/mol. The third-order valence-corrected chi connectivity index (χ3v) is 5.33. The largest absolute Gasteiger partial charge is 0.480 e. The molecule has 7 nitrogen and oxygen atoms in total. The third-order valence-electron chi connectivity index (χ3n) is 5.33. The second-order valence-electron chi connectivity index (χ2n) is 7.43. The maximum atomic E-state index is 14.2. The molecule has 1 aliphatic rings. The Hall–Kier alpha value is -2.95. The Balaban J connectivity index is 1.95. The Morgan fingerprint density at radius 2 is 2.03 bits per heavy atom. The molecule has 1 aromatic carbocycles. The fourth-order valence-electron chi connectivity index (χ4n) is 3.63. The van der Waals surface area contributed by atoms with Crippen LogP contribution >= 0.6 is 0 Å². The van der Waals surface area contributed by atoms with Crippen molar-refractivity contribution in [2.75, 3.05) is 0 Å². The first-order valence-corrected chi connectivity index (χ1v) is 8.73. The lowest BCUT2D eigenvalue weighted by molar-refractivity contribution is -0.140. The maximum absolute atomic E-state index is 14.2. The fourth-order valence-corrected chi connectivity index (χ4v) is 3.63. The molecular formula is C18H16F4N4O3. The number of halogens is 4. The van der Waals surface area contributed by atoms with Gasteiger partial charge in [-0.3, -0.25) is 9.78 Å². The minimum Gasteiger partial charge on any atom is -0.480 e. The Kier molecular flexibility index (Phi) is 4.19. The van der Waals surface area contributed by atoms with Gasteiger partial charge in [-0.2, -0.15) is 23.3 Å². The van der Waals surface area contributed by atoms with Crippen LogP contribution in [0.2, 0.25) is 0 Å². The SMILES string of the molecule is CC1([C@H](c2ccc(C(F)(F)F)c(F)c2)n2nc(CO)c3c(=O)[nH]c(O)nc32)CC1. The van der Waals surface area contributed by atoms with E-state index in [2.05, 4.69) is 15.1 Å². The second-order valence-corrected chi connectivity index (χ2v) is 7.43. The van der Waals surface area contributed by atoms with Gasteiger partial charge in [0.1, 0.15) is 16.9 Å². The minimum absolute atomic E-state index is 0.00427. The fraction of sp³-hybridized carbons (Fsp3) is 0.389. The van der Waals surface area contributed by atoms with Crippen molar-refractivity contribution in [2.24, 2.45) is 5.41 Å². The van der Waals surface area contributed by atoms with Crippen LogP contribution in [0.5, 0.6) is 6.01 Å². The van der Waals surface area contributed by atoms with Crippen LogP contribution in [-0.2, 0) is 12.8 Å². The number of fused-ring (bicyclic) bond motifs is 1. The van der Waals surface area contributed by atoms with Crippen molar-refractivity contribution in [1.29, 1.82) is 0 Å². The molecule has 0 saturated heterocycles. The predicted octanol–water partition coefficient (Wildman–Crippen LogP) is 2.86. The van der Waals surface area contributed by atoms with E-state index < -0.39 is 47.2 Å². The van der Waals surface area contributed by atoms with Crippen LogP contribution in [0.25, 0.3) is 11.0 Å². The monoisotopic (exact) mass is 412 g/mol. The lowest BCUT2D eigenvalue weighted by Gasteiger charge is -2.25. The second kappa shape index (κ2) is 6.28. The number of aliphatic hydroxyl groups is 1. The number of hydrogen-bond acceptors (Lipinski definition) is 5. The topological polar surface area (TPSA) is 104 Å². The molecule has 3 aromatic rings. The highest BCUT2D eigenvalue weighted by Crippen LogP contribution is 2.56. The zero-order chi connectivity index (χ0) is 21.1. The molecule has 29 heavy (non-hydrogen) atoms. The Bertz CT molecular complexity index is 1160. The summed E-state index contributed by atoms with van der Waals surface area (Å²) >= 11 is 0. The Labute approximate surface area is 160 Å². The third kappa shape index (κ3) is 3.15. The van der Waals surface area contributed by atoms with Gasteiger partial charge in [0.2, 0.25) is 0 Å². The molecule has 4 rings (SSSR count). The number of aromatic nitrogens is 4. The number of nitrogens with one attached hydrogen (secondary N) is 1. The lowest BCUT2D eigenvalue weighted by Crippen LogP contribution is -2.22. The van der Waals surface area contributed by atoms with Crippen molar-refractivity contribution in [3.63, 3.8) is 0 Å². The Morgan fingerprint density at radius 3 is 2.59 bits per heavy atom. The maximum Gasteiger partial charge on any atom is 0.419 e. The molecule has 1 aliphatic carbocycles. The van der Waals surface area contributed by atoms with Gasteiger partial charge in [0.05, 0.1) is 18.2 Å². The normalized spacial score (nSPS) is 16.9. The van der Waals surface area contributed by atoms with Gasteiger partial charge in [0.15, 0.2) is 5.65 Å². The van der Waals surface area contributed by atoms with E-state index in [-0.39, 0.29) is 22.3 Å². The van der Waals surface area contributed by atoms with Gasteiger partial charge < -0.3 is 10.2 Å². The number of rotatable bonds is 4. The molecule has 3 N–H and O–H groups in total. The molecule has 1 atom stereocenters. The average Bonchev–Trinajstić information content (AvgIpc) is 3.24. The van der Waals surface area contributed by atoms with Crippen molar-refractivity contribution in [2.45, 2.75) is 38.6 Å². The molecule has 1 saturated carbocycles. The van der Waals surface area contributed by atoms with E-state index in [1.807, 2.05) is 6.92 Å². The number of H-pyrrole nitrogens is 1. The van der Waals surface area contributed by atoms with E-state index in [0.29, 0.717) is 18.9 Å². The van der Waals surface area contributed by atoms with Crippen LogP contribution in [0.15, 0.2) is 23.0 Å². The number of alkyl halides is 3. The number of aromatic hydroxyl groups is 1. The summed E-state index contributed by atoms with van der Waals surface area (Å²) < 4.78 is 54.3. The summed E-state index contributed by atoms with van der Waals surface area (Å²) in [6.07, 6.45) is -3.46. The van der Waals surface area contributed by atoms with Gasteiger partial charge in [-0.1, -0.05) is 13.0 Å². The first-order chi connectivity index (χ1) is 13.5. The Morgan fingerprint density at radius 1 is 1.34 bits per heavy atom. The van der Waals surface area contributed by atoms with E-state index in [1.54, 1.807) is 0 Å². The van der Waals surface area contributed by atoms with Gasteiger partial charge in [0.25, 0.3) is 11.6 Å². The predicted molar refractivity (Wildman–Crippen MR) is 92.6 cm³/mol. The van der Waals surface area contributed by atoms with Gasteiger partial charge in [-0.15, -0.1) is 0 Å². The summed E-state index contributed by atoms with van der Waals surface area (Å²) in [5, 5.41) is 23.5. The zero-order valence-electron chi connectivity index (χ0n) is 15.1. The first kappa shape index (κ1) is 19.4. The molecule has 0 radical (unpaired) electrons. The van der Waals surface area contributed by atoms with Crippen LogP contribution in [0.3, 0.4) is 0 Å². The molecule has 154 valence electrons. The summed E-state index contributed by atoms with van der Waals surface area (Å²) in [6, 6.07) is 1.21. The summed E-state index contributed by atoms with van der Waals surface area (Å²) in [6.45, 7) is 1.26. The van der Waals surface area contributed by atoms with Gasteiger partial charge >= 0.3 is 6.18 Å². The van der Waals surface area contributed by atoms with Crippen molar-refractivity contribution in [3.05, 3.63) is 51.2 Å². The van der Waals surface area contributed by atoms with Crippen molar-refractivity contribution >= 4 is 11.0 Å². The molecule has 0 spiro atoms. The highest BCUT2D eigenvalue weighted by atomic mass is 19.4. The van der Waals surface area contributed by atoms with E-state index >= 15 is 0 Å². The zero-order valence-corrected chi connectivity index (χ0v) is 15.1. The van der Waals surface area contributed by atoms with Crippen molar-refractivity contribution in [3.8, 4) is 6.01 Å². The van der Waals surface area contributed by atoms with Crippen LogP contribution in [-0.4, -0.2) is 30.0 Å². The highest BCUT2D eigenvalue weighted by molar-refractivity contribution is 5.77. The molecule has 11 heteroatoms. The van der Waals surface area contributed by atoms with Crippen LogP contribution in [0, 0.1) is 11.2 Å². The number of aromatic amines is 1. The van der Waals surface area contributed by atoms with Crippen molar-refractivity contribution < 1.29 is 27.8 Å². The van der Waals surface area contributed by atoms with E-state index in [1.165, 1.54) is 10.7 Å². The summed E-state index contributed by atoms with van der Waals surface area (Å²) in [5.41, 5.74) is -2.41. The molecule has 2 heterocycles. The van der Waals surface area contributed by atoms with Gasteiger partial charge in [0, 0.05) is 0 Å². The van der Waals surface area contributed by atoms with E-state index in [4.69, 9.17) is 0 Å². The van der Waals surface area contributed by atoms with E-state index in [9.17, 15) is 32.6 Å². The summed E-state index contributed by atoms with van der Waals surface area (Å²) in [7, 11) is 0. The van der Waals surface area contributed by atoms with E-state index in [0.717, 1.165) is 6.07 Å². The number of nitrogens with zero attached hydrogens (tertiary/aromatic N) is 3. The summed E-state index contributed by atoms with van der Waals surface area (Å²) in [4.78, 5) is 18.2. The molecule has 1 fully saturated rings. The number of hydrogen-bond donors (Lipinski definition) is 3. The summed E-state index contributed by atoms with van der Waals surface area (Å²) in [5.74, 6) is -1.42. The molecule has 0 bridgehead atoms.